The number of hydrogen-bond acceptors (Lipinski definition) is 5. The average molecular weight is 430 g/mol. The molecule has 8 heteroatoms. The molecule has 2 aromatic heterocycles. The van der Waals surface area contributed by atoms with Crippen LogP contribution in [0.25, 0.3) is 11.2 Å². The van der Waals surface area contributed by atoms with Crippen molar-refractivity contribution in [2.75, 3.05) is 5.32 Å². The number of nitrogens with one attached hydrogen (secondary N) is 3. The number of benzene rings is 2. The predicted molar refractivity (Wildman–Crippen MR) is 120 cm³/mol. The van der Waals surface area contributed by atoms with Crippen molar-refractivity contribution in [2.45, 2.75) is 38.1 Å². The molecular formula is C24H23FN6O. The lowest BCUT2D eigenvalue weighted by Crippen LogP contribution is -2.24. The van der Waals surface area contributed by atoms with Gasteiger partial charge in [0.15, 0.2) is 11.3 Å². The minimum atomic E-state index is -0.380. The highest BCUT2D eigenvalue weighted by Crippen LogP contribution is 2.33. The highest BCUT2D eigenvalue weighted by Gasteiger charge is 2.23. The van der Waals surface area contributed by atoms with E-state index in [2.05, 4.69) is 30.6 Å². The maximum atomic E-state index is 14.2. The smallest absolute Gasteiger partial charge is 0.272 e. The summed E-state index contributed by atoms with van der Waals surface area (Å²) in [6.45, 7) is 0.162. The topological polar surface area (TPSA) is 95.6 Å². The molecule has 7 nitrogen and oxygen atoms in total. The molecule has 4 aromatic rings. The van der Waals surface area contributed by atoms with Crippen LogP contribution in [0.3, 0.4) is 0 Å². The number of para-hydroxylation sites is 1. The van der Waals surface area contributed by atoms with Gasteiger partial charge in [0.2, 0.25) is 0 Å². The van der Waals surface area contributed by atoms with Crippen LogP contribution in [0.4, 0.5) is 15.8 Å². The normalized spacial score (nSPS) is 14.0. The van der Waals surface area contributed by atoms with Gasteiger partial charge in [-0.1, -0.05) is 31.0 Å². The van der Waals surface area contributed by atoms with Crippen molar-refractivity contribution < 1.29 is 9.18 Å². The van der Waals surface area contributed by atoms with Crippen molar-refractivity contribution in [1.29, 1.82) is 0 Å². The number of amides is 1. The van der Waals surface area contributed by atoms with Gasteiger partial charge in [0.05, 0.1) is 0 Å². The number of aromatic nitrogens is 4. The standard InChI is InChI=1S/C24H23FN6O/c25-17-10-15(11-19(12-17)29-18-8-2-1-3-9-18)13-26-24(32)21-20-23(28-14-27-21)31-22(30-20)16-6-4-5-7-16/h1-3,8-12,14,16,29H,4-7,13H2,(H,26,32)(H,27,28,30,31). The molecule has 1 saturated carbocycles. The van der Waals surface area contributed by atoms with E-state index in [-0.39, 0.29) is 24.0 Å². The molecule has 0 aliphatic heterocycles. The van der Waals surface area contributed by atoms with Crippen molar-refractivity contribution >= 4 is 28.4 Å². The molecule has 0 atom stereocenters. The SMILES string of the molecule is O=C(NCc1cc(F)cc(Nc2ccccc2)c1)c1ncnc2nc(C3CCCC3)[nH]c12. The van der Waals surface area contributed by atoms with Crippen LogP contribution in [0.2, 0.25) is 0 Å². The maximum absolute atomic E-state index is 14.2. The van der Waals surface area contributed by atoms with Gasteiger partial charge in [0, 0.05) is 23.8 Å². The minimum Gasteiger partial charge on any atom is -0.355 e. The Bertz CT molecular complexity index is 1250. The summed E-state index contributed by atoms with van der Waals surface area (Å²) in [6, 6.07) is 14.1. The van der Waals surface area contributed by atoms with E-state index in [1.807, 2.05) is 30.3 Å². The second-order valence-corrected chi connectivity index (χ2v) is 8.05. The van der Waals surface area contributed by atoms with Crippen molar-refractivity contribution in [3.05, 3.63) is 77.8 Å². The van der Waals surface area contributed by atoms with Gasteiger partial charge in [-0.3, -0.25) is 4.79 Å². The van der Waals surface area contributed by atoms with Gasteiger partial charge in [-0.05, 0) is 48.7 Å². The summed E-state index contributed by atoms with van der Waals surface area (Å²) in [4.78, 5) is 29.1. The van der Waals surface area contributed by atoms with Gasteiger partial charge < -0.3 is 15.6 Å². The lowest BCUT2D eigenvalue weighted by Gasteiger charge is -2.10. The summed E-state index contributed by atoms with van der Waals surface area (Å²) in [6.07, 6.45) is 5.91. The first-order chi connectivity index (χ1) is 15.7. The number of anilines is 2. The number of hydrogen-bond donors (Lipinski definition) is 3. The van der Waals surface area contributed by atoms with Gasteiger partial charge in [0.25, 0.3) is 5.91 Å². The molecule has 5 rings (SSSR count). The van der Waals surface area contributed by atoms with Crippen LogP contribution < -0.4 is 10.6 Å². The first kappa shape index (κ1) is 20.1. The fraction of sp³-hybridized carbons (Fsp3) is 0.250. The van der Waals surface area contributed by atoms with Crippen LogP contribution in [0.1, 0.15) is 53.5 Å². The zero-order chi connectivity index (χ0) is 21.9. The molecule has 162 valence electrons. The van der Waals surface area contributed by atoms with E-state index in [0.29, 0.717) is 28.3 Å². The second-order valence-electron chi connectivity index (χ2n) is 8.05. The first-order valence-electron chi connectivity index (χ1n) is 10.8. The monoisotopic (exact) mass is 430 g/mol. The van der Waals surface area contributed by atoms with Gasteiger partial charge in [0.1, 0.15) is 23.5 Å². The molecule has 1 aliphatic carbocycles. The largest absolute Gasteiger partial charge is 0.355 e. The third-order valence-corrected chi connectivity index (χ3v) is 5.74. The Labute approximate surface area is 184 Å². The number of fused-ring (bicyclic) bond motifs is 1. The minimum absolute atomic E-state index is 0.162. The van der Waals surface area contributed by atoms with E-state index in [4.69, 9.17) is 0 Å². The van der Waals surface area contributed by atoms with Crippen LogP contribution in [-0.2, 0) is 6.54 Å². The molecule has 0 saturated heterocycles. The Kier molecular flexibility index (Phi) is 5.49. The van der Waals surface area contributed by atoms with Crippen molar-refractivity contribution in [2.24, 2.45) is 0 Å². The molecule has 1 aliphatic rings. The van der Waals surface area contributed by atoms with Gasteiger partial charge in [-0.15, -0.1) is 0 Å². The molecule has 2 heterocycles. The maximum Gasteiger partial charge on any atom is 0.272 e. The van der Waals surface area contributed by atoms with Crippen molar-refractivity contribution in [3.63, 3.8) is 0 Å². The fourth-order valence-electron chi connectivity index (χ4n) is 4.19. The molecule has 3 N–H and O–H groups in total. The van der Waals surface area contributed by atoms with Crippen LogP contribution >= 0.6 is 0 Å². The van der Waals surface area contributed by atoms with Crippen LogP contribution in [0, 0.1) is 5.82 Å². The van der Waals surface area contributed by atoms with Crippen molar-refractivity contribution in [3.8, 4) is 0 Å². The Morgan fingerprint density at radius 2 is 1.88 bits per heavy atom. The molecular weight excluding hydrogens is 407 g/mol. The van der Waals surface area contributed by atoms with E-state index in [1.165, 1.54) is 31.3 Å². The lowest BCUT2D eigenvalue weighted by molar-refractivity contribution is 0.0947. The first-order valence-corrected chi connectivity index (χ1v) is 10.8. The van der Waals surface area contributed by atoms with Crippen molar-refractivity contribution in [1.82, 2.24) is 25.3 Å². The van der Waals surface area contributed by atoms with E-state index in [9.17, 15) is 9.18 Å². The van der Waals surface area contributed by atoms with Crippen LogP contribution in [-0.4, -0.2) is 25.8 Å². The Balaban J connectivity index is 1.32. The lowest BCUT2D eigenvalue weighted by atomic mass is 10.1. The molecule has 0 unspecified atom stereocenters. The number of carbonyl (C=O) groups is 1. The molecule has 0 radical (unpaired) electrons. The number of imidazole rings is 1. The number of halogens is 1. The summed E-state index contributed by atoms with van der Waals surface area (Å²) in [5.41, 5.74) is 3.38. The molecule has 32 heavy (non-hydrogen) atoms. The third-order valence-electron chi connectivity index (χ3n) is 5.74. The summed E-state index contributed by atoms with van der Waals surface area (Å²) in [5.74, 6) is 0.506. The van der Waals surface area contributed by atoms with Gasteiger partial charge in [-0.2, -0.15) is 0 Å². The van der Waals surface area contributed by atoms with E-state index < -0.39 is 0 Å². The predicted octanol–water partition coefficient (Wildman–Crippen LogP) is 4.82. The van der Waals surface area contributed by atoms with E-state index >= 15 is 0 Å². The number of aromatic amines is 1. The summed E-state index contributed by atoms with van der Waals surface area (Å²) >= 11 is 0. The van der Waals surface area contributed by atoms with Gasteiger partial charge >= 0.3 is 0 Å². The second kappa shape index (κ2) is 8.74. The number of nitrogens with zero attached hydrogens (tertiary/aromatic N) is 3. The zero-order valence-electron chi connectivity index (χ0n) is 17.4. The van der Waals surface area contributed by atoms with E-state index in [0.717, 1.165) is 24.4 Å². The summed E-state index contributed by atoms with van der Waals surface area (Å²) < 4.78 is 14.2. The number of H-pyrrole nitrogens is 1. The van der Waals surface area contributed by atoms with Crippen LogP contribution in [0.5, 0.6) is 0 Å². The van der Waals surface area contributed by atoms with E-state index in [1.54, 1.807) is 6.07 Å². The molecule has 0 spiro atoms. The Morgan fingerprint density at radius 1 is 1.06 bits per heavy atom. The summed E-state index contributed by atoms with van der Waals surface area (Å²) in [5, 5.41) is 6.00. The molecule has 1 amide bonds. The number of rotatable bonds is 6. The summed E-state index contributed by atoms with van der Waals surface area (Å²) in [7, 11) is 0. The number of carbonyl (C=O) groups excluding carboxylic acids is 1. The molecule has 0 bridgehead atoms. The molecule has 2 aromatic carbocycles. The zero-order valence-corrected chi connectivity index (χ0v) is 17.4. The van der Waals surface area contributed by atoms with Gasteiger partial charge in [-0.25, -0.2) is 19.3 Å². The van der Waals surface area contributed by atoms with Crippen LogP contribution in [0.15, 0.2) is 54.9 Å². The Hall–Kier alpha value is -3.81. The third kappa shape index (κ3) is 4.30. The fourth-order valence-corrected chi connectivity index (χ4v) is 4.19. The Morgan fingerprint density at radius 3 is 2.69 bits per heavy atom. The average Bonchev–Trinajstić information content (AvgIpc) is 3.47. The highest BCUT2D eigenvalue weighted by molar-refractivity contribution is 6.02. The quantitative estimate of drug-likeness (QED) is 0.407. The highest BCUT2D eigenvalue weighted by atomic mass is 19.1. The molecule has 1 fully saturated rings.